The van der Waals surface area contributed by atoms with Crippen LogP contribution in [0.2, 0.25) is 0 Å². The van der Waals surface area contributed by atoms with E-state index in [4.69, 9.17) is 10.5 Å². The molecular formula is C11H7F4N3. The molecule has 1 rings (SSSR count). The minimum absolute atomic E-state index is 0.0587. The first-order valence-corrected chi connectivity index (χ1v) is 4.78. The molecule has 0 aliphatic rings. The highest BCUT2D eigenvalue weighted by atomic mass is 19.4. The van der Waals surface area contributed by atoms with Crippen molar-refractivity contribution in [2.75, 3.05) is 11.9 Å². The van der Waals surface area contributed by atoms with Gasteiger partial charge in [0.05, 0.1) is 17.3 Å². The largest absolute Gasteiger partial charge is 0.406 e. The molecule has 0 radical (unpaired) electrons. The van der Waals surface area contributed by atoms with Gasteiger partial charge in [-0.15, -0.1) is 0 Å². The molecule has 0 aliphatic heterocycles. The summed E-state index contributed by atoms with van der Waals surface area (Å²) in [5, 5.41) is 19.4. The fourth-order valence-corrected chi connectivity index (χ4v) is 1.21. The van der Waals surface area contributed by atoms with E-state index in [2.05, 4.69) is 5.32 Å². The SMILES string of the molecule is N#Cc1cc(F)ccc1NCC(C#N)C(F)(F)F. The highest BCUT2D eigenvalue weighted by Crippen LogP contribution is 2.26. The van der Waals surface area contributed by atoms with Crippen LogP contribution >= 0.6 is 0 Å². The summed E-state index contributed by atoms with van der Waals surface area (Å²) >= 11 is 0. The van der Waals surface area contributed by atoms with E-state index in [9.17, 15) is 17.6 Å². The second kappa shape index (κ2) is 5.37. The maximum atomic E-state index is 12.8. The number of rotatable bonds is 3. The zero-order valence-electron chi connectivity index (χ0n) is 8.92. The number of halogens is 4. The fourth-order valence-electron chi connectivity index (χ4n) is 1.21. The van der Waals surface area contributed by atoms with Crippen molar-refractivity contribution in [1.29, 1.82) is 10.5 Å². The zero-order chi connectivity index (χ0) is 13.8. The summed E-state index contributed by atoms with van der Waals surface area (Å²) in [5.41, 5.74) is -0.0581. The van der Waals surface area contributed by atoms with E-state index in [0.717, 1.165) is 24.3 Å². The smallest absolute Gasteiger partial charge is 0.382 e. The molecule has 0 spiro atoms. The Bertz CT molecular complexity index is 510. The van der Waals surface area contributed by atoms with Crippen molar-refractivity contribution in [2.45, 2.75) is 6.18 Å². The van der Waals surface area contributed by atoms with Crippen LogP contribution in [-0.4, -0.2) is 12.7 Å². The number of nitrogens with zero attached hydrogens (tertiary/aromatic N) is 2. The third kappa shape index (κ3) is 3.36. The number of benzene rings is 1. The van der Waals surface area contributed by atoms with E-state index >= 15 is 0 Å². The van der Waals surface area contributed by atoms with Crippen molar-refractivity contribution in [3.05, 3.63) is 29.6 Å². The average molecular weight is 257 g/mol. The Kier molecular flexibility index (Phi) is 4.11. The minimum atomic E-state index is -4.64. The Balaban J connectivity index is 2.82. The molecule has 0 saturated carbocycles. The molecule has 94 valence electrons. The number of nitriles is 2. The van der Waals surface area contributed by atoms with Crippen molar-refractivity contribution in [3.8, 4) is 12.1 Å². The molecular weight excluding hydrogens is 250 g/mol. The quantitative estimate of drug-likeness (QED) is 0.847. The summed E-state index contributed by atoms with van der Waals surface area (Å²) in [4.78, 5) is 0. The Hall–Kier alpha value is -2.28. The molecule has 1 N–H and O–H groups in total. The molecule has 0 fully saturated rings. The van der Waals surface area contributed by atoms with Gasteiger partial charge in [-0.25, -0.2) is 4.39 Å². The summed E-state index contributed by atoms with van der Waals surface area (Å²) in [5.74, 6) is -2.85. The van der Waals surface area contributed by atoms with E-state index in [-0.39, 0.29) is 11.3 Å². The van der Waals surface area contributed by atoms with Crippen LogP contribution in [0.25, 0.3) is 0 Å². The van der Waals surface area contributed by atoms with Crippen molar-refractivity contribution in [1.82, 2.24) is 0 Å². The molecule has 0 saturated heterocycles. The van der Waals surface area contributed by atoms with Gasteiger partial charge in [-0.05, 0) is 18.2 Å². The first kappa shape index (κ1) is 13.8. The molecule has 0 bridgehead atoms. The molecule has 7 heteroatoms. The second-order valence-electron chi connectivity index (χ2n) is 3.41. The highest BCUT2D eigenvalue weighted by molar-refractivity contribution is 5.57. The first-order chi connectivity index (χ1) is 8.38. The summed E-state index contributed by atoms with van der Waals surface area (Å²) in [6.45, 7) is -0.694. The second-order valence-corrected chi connectivity index (χ2v) is 3.41. The number of anilines is 1. The lowest BCUT2D eigenvalue weighted by atomic mass is 10.1. The summed E-state index contributed by atoms with van der Waals surface area (Å²) < 4.78 is 49.6. The lowest BCUT2D eigenvalue weighted by Gasteiger charge is -2.15. The van der Waals surface area contributed by atoms with Gasteiger partial charge < -0.3 is 5.32 Å². The summed E-state index contributed by atoms with van der Waals surface area (Å²) in [6, 6.07) is 5.83. The molecule has 0 heterocycles. The molecule has 1 atom stereocenters. The maximum absolute atomic E-state index is 12.8. The van der Waals surface area contributed by atoms with Crippen LogP contribution < -0.4 is 5.32 Å². The normalized spacial score (nSPS) is 12.3. The zero-order valence-corrected chi connectivity index (χ0v) is 8.92. The third-order valence-corrected chi connectivity index (χ3v) is 2.15. The lowest BCUT2D eigenvalue weighted by Crippen LogP contribution is -2.28. The maximum Gasteiger partial charge on any atom is 0.406 e. The van der Waals surface area contributed by atoms with Gasteiger partial charge in [0, 0.05) is 6.54 Å². The summed E-state index contributed by atoms with van der Waals surface area (Å²) in [6.07, 6.45) is -4.64. The van der Waals surface area contributed by atoms with E-state index in [0.29, 0.717) is 0 Å². The predicted molar refractivity (Wildman–Crippen MR) is 54.8 cm³/mol. The number of hydrogen-bond acceptors (Lipinski definition) is 3. The minimum Gasteiger partial charge on any atom is -0.382 e. The Morgan fingerprint density at radius 2 is 1.94 bits per heavy atom. The van der Waals surface area contributed by atoms with Gasteiger partial charge in [-0.1, -0.05) is 0 Å². The molecule has 1 unspecified atom stereocenters. The van der Waals surface area contributed by atoms with Gasteiger partial charge >= 0.3 is 6.18 Å². The van der Waals surface area contributed by atoms with Gasteiger partial charge in [-0.3, -0.25) is 0 Å². The Morgan fingerprint density at radius 3 is 2.44 bits per heavy atom. The molecule has 18 heavy (non-hydrogen) atoms. The Morgan fingerprint density at radius 1 is 1.28 bits per heavy atom. The van der Waals surface area contributed by atoms with Crippen LogP contribution in [0, 0.1) is 34.4 Å². The van der Waals surface area contributed by atoms with E-state index in [1.54, 1.807) is 6.07 Å². The number of alkyl halides is 3. The lowest BCUT2D eigenvalue weighted by molar-refractivity contribution is -0.155. The number of nitrogens with one attached hydrogen (secondary N) is 1. The van der Waals surface area contributed by atoms with Gasteiger partial charge in [0.15, 0.2) is 5.92 Å². The van der Waals surface area contributed by atoms with Gasteiger partial charge in [0.1, 0.15) is 11.9 Å². The van der Waals surface area contributed by atoms with Crippen LogP contribution in [0.15, 0.2) is 18.2 Å². The molecule has 0 aromatic heterocycles. The first-order valence-electron chi connectivity index (χ1n) is 4.78. The van der Waals surface area contributed by atoms with Crippen LogP contribution in [0.4, 0.5) is 23.2 Å². The fraction of sp³-hybridized carbons (Fsp3) is 0.273. The van der Waals surface area contributed by atoms with Crippen LogP contribution in [0.3, 0.4) is 0 Å². The van der Waals surface area contributed by atoms with Crippen LogP contribution in [0.5, 0.6) is 0 Å². The van der Waals surface area contributed by atoms with Crippen molar-refractivity contribution in [2.24, 2.45) is 5.92 Å². The molecule has 3 nitrogen and oxygen atoms in total. The third-order valence-electron chi connectivity index (χ3n) is 2.15. The van der Waals surface area contributed by atoms with Crippen molar-refractivity contribution < 1.29 is 17.6 Å². The van der Waals surface area contributed by atoms with E-state index < -0.39 is 24.5 Å². The van der Waals surface area contributed by atoms with Gasteiger partial charge in [-0.2, -0.15) is 23.7 Å². The van der Waals surface area contributed by atoms with Crippen LogP contribution in [0.1, 0.15) is 5.56 Å². The summed E-state index contributed by atoms with van der Waals surface area (Å²) in [7, 11) is 0. The van der Waals surface area contributed by atoms with Gasteiger partial charge in [0.2, 0.25) is 0 Å². The molecule has 1 aromatic rings. The predicted octanol–water partition coefficient (Wildman–Crippen LogP) is 2.81. The monoisotopic (exact) mass is 257 g/mol. The van der Waals surface area contributed by atoms with E-state index in [1.165, 1.54) is 0 Å². The standard InChI is InChI=1S/C11H7F4N3/c12-9-1-2-10(7(3-9)4-16)18-6-8(5-17)11(13,14)15/h1-3,8,18H,6H2. The molecule has 0 amide bonds. The Labute approximate surface area is 100 Å². The average Bonchev–Trinajstić information content (AvgIpc) is 2.29. The molecule has 0 aliphatic carbocycles. The topological polar surface area (TPSA) is 59.6 Å². The van der Waals surface area contributed by atoms with Crippen molar-refractivity contribution >= 4 is 5.69 Å². The highest BCUT2D eigenvalue weighted by Gasteiger charge is 2.39. The van der Waals surface area contributed by atoms with Crippen LogP contribution in [-0.2, 0) is 0 Å². The number of hydrogen-bond donors (Lipinski definition) is 1. The van der Waals surface area contributed by atoms with Crippen molar-refractivity contribution in [3.63, 3.8) is 0 Å². The molecule has 1 aromatic carbocycles. The van der Waals surface area contributed by atoms with Gasteiger partial charge in [0.25, 0.3) is 0 Å². The van der Waals surface area contributed by atoms with E-state index in [1.807, 2.05) is 0 Å².